The molecule has 11 heavy (non-hydrogen) atoms. The van der Waals surface area contributed by atoms with Crippen molar-refractivity contribution in [3.8, 4) is 0 Å². The van der Waals surface area contributed by atoms with E-state index in [9.17, 15) is 0 Å². The highest BCUT2D eigenvalue weighted by Gasteiger charge is 1.73. The van der Waals surface area contributed by atoms with Gasteiger partial charge >= 0.3 is 0 Å². The van der Waals surface area contributed by atoms with Gasteiger partial charge in [0.1, 0.15) is 0 Å². The molecular weight excluding hydrogens is 134 g/mol. The first kappa shape index (κ1) is 10.4. The van der Waals surface area contributed by atoms with E-state index in [0.29, 0.717) is 0 Å². The first-order chi connectivity index (χ1) is 5.41. The first-order valence-corrected chi connectivity index (χ1v) is 4.36. The van der Waals surface area contributed by atoms with E-state index < -0.39 is 0 Å². The van der Waals surface area contributed by atoms with E-state index in [-0.39, 0.29) is 0 Å². The lowest BCUT2D eigenvalue weighted by Crippen LogP contribution is -2.03. The van der Waals surface area contributed by atoms with Crippen molar-refractivity contribution in [1.29, 1.82) is 0 Å². The van der Waals surface area contributed by atoms with Crippen LogP contribution in [-0.4, -0.2) is 13.6 Å². The molecule has 0 aromatic rings. The van der Waals surface area contributed by atoms with Crippen LogP contribution in [0.15, 0.2) is 24.3 Å². The van der Waals surface area contributed by atoms with Crippen LogP contribution in [0.3, 0.4) is 0 Å². The third kappa shape index (κ3) is 9.44. The number of unbranched alkanes of at least 4 members (excludes halogenated alkanes) is 1. The Labute approximate surface area is 70.2 Å². The standard InChI is InChI=1S/C10H19N/c1-3-4-5-6-7-8-9-10-11-2/h5-6,8-9,11H,3-4,7,10H2,1-2H3. The van der Waals surface area contributed by atoms with Crippen molar-refractivity contribution in [3.63, 3.8) is 0 Å². The van der Waals surface area contributed by atoms with Crippen molar-refractivity contribution in [3.05, 3.63) is 24.3 Å². The second-order valence-electron chi connectivity index (χ2n) is 2.52. The second kappa shape index (κ2) is 9.44. The monoisotopic (exact) mass is 153 g/mol. The van der Waals surface area contributed by atoms with Gasteiger partial charge in [0.05, 0.1) is 0 Å². The summed E-state index contributed by atoms with van der Waals surface area (Å²) in [7, 11) is 1.96. The molecule has 64 valence electrons. The number of nitrogens with one attached hydrogen (secondary N) is 1. The van der Waals surface area contributed by atoms with Gasteiger partial charge in [-0.05, 0) is 19.9 Å². The molecule has 1 N–H and O–H groups in total. The molecule has 0 bridgehead atoms. The van der Waals surface area contributed by atoms with Crippen molar-refractivity contribution in [1.82, 2.24) is 5.32 Å². The lowest BCUT2D eigenvalue weighted by Gasteiger charge is -1.86. The molecule has 0 aliphatic rings. The molecule has 0 unspecified atom stereocenters. The molecule has 0 heterocycles. The van der Waals surface area contributed by atoms with E-state index in [1.807, 2.05) is 7.05 Å². The van der Waals surface area contributed by atoms with Crippen LogP contribution >= 0.6 is 0 Å². The summed E-state index contributed by atoms with van der Waals surface area (Å²) in [6.45, 7) is 3.17. The highest BCUT2D eigenvalue weighted by Crippen LogP contribution is 1.91. The van der Waals surface area contributed by atoms with Crippen molar-refractivity contribution >= 4 is 0 Å². The summed E-state index contributed by atoms with van der Waals surface area (Å²) in [5.74, 6) is 0. The highest BCUT2D eigenvalue weighted by atomic mass is 14.8. The van der Waals surface area contributed by atoms with Gasteiger partial charge in [0.15, 0.2) is 0 Å². The number of rotatable bonds is 6. The average molecular weight is 153 g/mol. The predicted molar refractivity (Wildman–Crippen MR) is 51.7 cm³/mol. The number of hydrogen-bond donors (Lipinski definition) is 1. The van der Waals surface area contributed by atoms with Crippen LogP contribution in [0.5, 0.6) is 0 Å². The summed E-state index contributed by atoms with van der Waals surface area (Å²) in [5.41, 5.74) is 0. The van der Waals surface area contributed by atoms with Crippen LogP contribution in [0.2, 0.25) is 0 Å². The van der Waals surface area contributed by atoms with Gasteiger partial charge in [-0.3, -0.25) is 0 Å². The number of likely N-dealkylation sites (N-methyl/N-ethyl adjacent to an activating group) is 1. The quantitative estimate of drug-likeness (QED) is 0.578. The Bertz CT molecular complexity index is 100. The van der Waals surface area contributed by atoms with Crippen LogP contribution in [0, 0.1) is 0 Å². The third-order valence-electron chi connectivity index (χ3n) is 1.38. The topological polar surface area (TPSA) is 12.0 Å². The molecule has 0 amide bonds. The Hall–Kier alpha value is -0.560. The van der Waals surface area contributed by atoms with E-state index in [1.165, 1.54) is 12.8 Å². The predicted octanol–water partition coefficient (Wildman–Crippen LogP) is 2.51. The minimum Gasteiger partial charge on any atom is -0.316 e. The molecule has 0 aliphatic carbocycles. The van der Waals surface area contributed by atoms with Crippen LogP contribution in [-0.2, 0) is 0 Å². The van der Waals surface area contributed by atoms with Gasteiger partial charge in [-0.25, -0.2) is 0 Å². The lowest BCUT2D eigenvalue weighted by atomic mass is 10.3. The summed E-state index contributed by atoms with van der Waals surface area (Å²) in [4.78, 5) is 0. The van der Waals surface area contributed by atoms with Crippen LogP contribution in [0.1, 0.15) is 26.2 Å². The molecule has 0 aliphatic heterocycles. The summed E-state index contributed by atoms with van der Waals surface area (Å²) >= 11 is 0. The molecule has 1 nitrogen and oxygen atoms in total. The highest BCUT2D eigenvalue weighted by molar-refractivity contribution is 4.93. The zero-order valence-corrected chi connectivity index (χ0v) is 7.64. The summed E-state index contributed by atoms with van der Waals surface area (Å²) in [6, 6.07) is 0. The Morgan fingerprint density at radius 1 is 1.09 bits per heavy atom. The Balaban J connectivity index is 3.11. The fourth-order valence-corrected chi connectivity index (χ4v) is 0.757. The summed E-state index contributed by atoms with van der Waals surface area (Å²) in [6.07, 6.45) is 12.3. The van der Waals surface area contributed by atoms with E-state index in [2.05, 4.69) is 36.5 Å². The van der Waals surface area contributed by atoms with Crippen LogP contribution in [0.25, 0.3) is 0 Å². The van der Waals surface area contributed by atoms with Gasteiger partial charge in [0, 0.05) is 6.54 Å². The lowest BCUT2D eigenvalue weighted by molar-refractivity contribution is 0.916. The molecule has 0 radical (unpaired) electrons. The molecule has 0 fully saturated rings. The molecule has 1 heteroatoms. The molecular formula is C10H19N. The van der Waals surface area contributed by atoms with Gasteiger partial charge in [0.2, 0.25) is 0 Å². The smallest absolute Gasteiger partial charge is 0.0131 e. The summed E-state index contributed by atoms with van der Waals surface area (Å²) in [5, 5.41) is 3.06. The Morgan fingerprint density at radius 2 is 1.82 bits per heavy atom. The van der Waals surface area contributed by atoms with Crippen molar-refractivity contribution in [2.75, 3.05) is 13.6 Å². The van der Waals surface area contributed by atoms with Crippen molar-refractivity contribution < 1.29 is 0 Å². The zero-order chi connectivity index (χ0) is 8.36. The largest absolute Gasteiger partial charge is 0.316 e. The molecule has 0 saturated carbocycles. The van der Waals surface area contributed by atoms with E-state index >= 15 is 0 Å². The van der Waals surface area contributed by atoms with Gasteiger partial charge in [-0.2, -0.15) is 0 Å². The van der Waals surface area contributed by atoms with Crippen molar-refractivity contribution in [2.24, 2.45) is 0 Å². The van der Waals surface area contributed by atoms with Crippen LogP contribution in [0.4, 0.5) is 0 Å². The van der Waals surface area contributed by atoms with E-state index in [1.54, 1.807) is 0 Å². The van der Waals surface area contributed by atoms with Gasteiger partial charge < -0.3 is 5.32 Å². The maximum atomic E-state index is 3.06. The van der Waals surface area contributed by atoms with Crippen LogP contribution < -0.4 is 5.32 Å². The Kier molecular flexibility index (Phi) is 8.96. The first-order valence-electron chi connectivity index (χ1n) is 4.36. The van der Waals surface area contributed by atoms with E-state index in [4.69, 9.17) is 0 Å². The molecule has 0 saturated heterocycles. The maximum absolute atomic E-state index is 3.06. The minimum atomic E-state index is 0.974. The fourth-order valence-electron chi connectivity index (χ4n) is 0.757. The van der Waals surface area contributed by atoms with Gasteiger partial charge in [-0.1, -0.05) is 37.6 Å². The van der Waals surface area contributed by atoms with Crippen molar-refractivity contribution in [2.45, 2.75) is 26.2 Å². The third-order valence-corrected chi connectivity index (χ3v) is 1.38. The SMILES string of the molecule is CCCC=CCC=CCNC. The second-order valence-corrected chi connectivity index (χ2v) is 2.52. The van der Waals surface area contributed by atoms with Gasteiger partial charge in [0.25, 0.3) is 0 Å². The molecule has 0 rings (SSSR count). The molecule has 0 atom stereocenters. The number of allylic oxidation sites excluding steroid dienone is 3. The minimum absolute atomic E-state index is 0.974. The number of hydrogen-bond acceptors (Lipinski definition) is 1. The normalized spacial score (nSPS) is 11.8. The Morgan fingerprint density at radius 3 is 2.45 bits per heavy atom. The molecule has 0 spiro atoms. The zero-order valence-electron chi connectivity index (χ0n) is 7.64. The molecule has 0 aromatic carbocycles. The fraction of sp³-hybridized carbons (Fsp3) is 0.600. The van der Waals surface area contributed by atoms with E-state index in [0.717, 1.165) is 13.0 Å². The summed E-state index contributed by atoms with van der Waals surface area (Å²) < 4.78 is 0. The average Bonchev–Trinajstić information content (AvgIpc) is 2.03. The maximum Gasteiger partial charge on any atom is 0.0131 e. The van der Waals surface area contributed by atoms with Gasteiger partial charge in [-0.15, -0.1) is 0 Å². The molecule has 0 aromatic heterocycles.